The summed E-state index contributed by atoms with van der Waals surface area (Å²) in [7, 11) is 0. The summed E-state index contributed by atoms with van der Waals surface area (Å²) in [5.41, 5.74) is 9.74. The molecule has 0 spiro atoms. The van der Waals surface area contributed by atoms with Gasteiger partial charge in [0, 0.05) is 47.1 Å². The number of benzene rings is 9. The molecule has 0 bridgehead atoms. The molecule has 0 unspecified atom stereocenters. The first kappa shape index (κ1) is 29.0. The molecule has 0 aliphatic carbocycles. The molecule has 3 heterocycles. The van der Waals surface area contributed by atoms with Crippen LogP contribution < -0.4 is 0 Å². The van der Waals surface area contributed by atoms with E-state index in [9.17, 15) is 0 Å². The highest BCUT2D eigenvalue weighted by Crippen LogP contribution is 2.43. The molecular weight excluding hydrogens is 661 g/mol. The van der Waals surface area contributed by atoms with Crippen molar-refractivity contribution >= 4 is 96.7 Å². The number of aromatic nitrogens is 2. The van der Waals surface area contributed by atoms with E-state index in [1.807, 2.05) is 11.3 Å². The van der Waals surface area contributed by atoms with Crippen LogP contribution in [0.3, 0.4) is 0 Å². The lowest BCUT2D eigenvalue weighted by molar-refractivity contribution is 1.20. The predicted octanol–water partition coefficient (Wildman–Crippen LogP) is 14.2. The number of nitrogens with zero attached hydrogens (tertiary/aromatic N) is 2. The molecule has 9 aromatic carbocycles. The van der Waals surface area contributed by atoms with E-state index in [2.05, 4.69) is 191 Å². The minimum absolute atomic E-state index is 1.20. The Morgan fingerprint density at radius 2 is 0.830 bits per heavy atom. The average Bonchev–Trinajstić information content (AvgIpc) is 3.88. The molecule has 0 atom stereocenters. The van der Waals surface area contributed by atoms with Crippen LogP contribution in [0.15, 0.2) is 182 Å². The van der Waals surface area contributed by atoms with Gasteiger partial charge in [0.25, 0.3) is 0 Å². The maximum atomic E-state index is 2.47. The topological polar surface area (TPSA) is 9.86 Å². The fraction of sp³-hybridized carbons (Fsp3) is 0. The first-order valence-corrected chi connectivity index (χ1v) is 19.0. The third-order valence-electron chi connectivity index (χ3n) is 11.3. The number of thiophene rings is 1. The second kappa shape index (κ2) is 10.9. The molecule has 0 fully saturated rings. The molecule has 0 amide bonds. The van der Waals surface area contributed by atoms with Crippen molar-refractivity contribution in [1.82, 2.24) is 9.13 Å². The summed E-state index contributed by atoms with van der Waals surface area (Å²) < 4.78 is 7.57. The van der Waals surface area contributed by atoms with Gasteiger partial charge in [-0.3, -0.25) is 0 Å². The second-order valence-electron chi connectivity index (χ2n) is 14.1. The van der Waals surface area contributed by atoms with Crippen molar-refractivity contribution in [3.05, 3.63) is 182 Å². The fourth-order valence-electron chi connectivity index (χ4n) is 8.99. The minimum Gasteiger partial charge on any atom is -0.309 e. The highest BCUT2D eigenvalue weighted by molar-refractivity contribution is 7.25. The van der Waals surface area contributed by atoms with Crippen LogP contribution in [0.1, 0.15) is 0 Å². The molecule has 3 heteroatoms. The van der Waals surface area contributed by atoms with E-state index >= 15 is 0 Å². The van der Waals surface area contributed by atoms with Crippen LogP contribution >= 0.6 is 11.3 Å². The Morgan fingerprint density at radius 1 is 0.302 bits per heavy atom. The molecule has 0 radical (unpaired) electrons. The summed E-state index contributed by atoms with van der Waals surface area (Å²) in [4.78, 5) is 0. The van der Waals surface area contributed by atoms with E-state index in [0.717, 1.165) is 0 Å². The van der Waals surface area contributed by atoms with E-state index in [1.54, 1.807) is 0 Å². The Bertz CT molecular complexity index is 3470. The molecule has 0 saturated carbocycles. The molecular formula is C50H30N2S. The van der Waals surface area contributed by atoms with E-state index in [1.165, 1.54) is 108 Å². The standard InChI is InChI=1S/C50H30N2S/c1-2-12-34-31(11-1)23-26-38-35(34)16-9-19-44(38)51-42-17-6-3-13-36(42)40-29-32(24-27-45(40)51)33-25-28-46-41(30-33)37-14-4-7-18-43(37)52(46)47-20-10-22-49-50(47)39-15-5-8-21-48(39)53-49/h1-30H. The molecule has 12 rings (SSSR count). The SMILES string of the molecule is c1ccc2c(c1)ccc1c(-n3c4ccccc4c4cc(-c5ccc6c(c5)c5ccccc5n6-c5cccc6sc7ccccc7c56)ccc43)cccc12. The summed E-state index contributed by atoms with van der Waals surface area (Å²) in [6.07, 6.45) is 0. The summed E-state index contributed by atoms with van der Waals surface area (Å²) >= 11 is 1.87. The first-order chi connectivity index (χ1) is 26.3. The zero-order valence-corrected chi connectivity index (χ0v) is 29.4. The van der Waals surface area contributed by atoms with Gasteiger partial charge in [-0.2, -0.15) is 0 Å². The van der Waals surface area contributed by atoms with Crippen LogP contribution in [0.25, 0.3) is 108 Å². The lowest BCUT2D eigenvalue weighted by Crippen LogP contribution is -1.95. The Kier molecular flexibility index (Phi) is 5.96. The lowest BCUT2D eigenvalue weighted by atomic mass is 10.00. The van der Waals surface area contributed by atoms with Gasteiger partial charge in [0.15, 0.2) is 0 Å². The highest BCUT2D eigenvalue weighted by Gasteiger charge is 2.19. The predicted molar refractivity (Wildman–Crippen MR) is 228 cm³/mol. The number of fused-ring (bicyclic) bond motifs is 12. The van der Waals surface area contributed by atoms with Crippen molar-refractivity contribution in [1.29, 1.82) is 0 Å². The third kappa shape index (κ3) is 4.08. The van der Waals surface area contributed by atoms with Gasteiger partial charge in [-0.15, -0.1) is 11.3 Å². The van der Waals surface area contributed by atoms with Gasteiger partial charge >= 0.3 is 0 Å². The van der Waals surface area contributed by atoms with E-state index < -0.39 is 0 Å². The van der Waals surface area contributed by atoms with Gasteiger partial charge in [0.2, 0.25) is 0 Å². The van der Waals surface area contributed by atoms with Crippen LogP contribution in [-0.4, -0.2) is 9.13 Å². The number of hydrogen-bond donors (Lipinski definition) is 0. The van der Waals surface area contributed by atoms with E-state index in [4.69, 9.17) is 0 Å². The van der Waals surface area contributed by atoms with Crippen molar-refractivity contribution in [2.45, 2.75) is 0 Å². The summed E-state index contributed by atoms with van der Waals surface area (Å²) in [5, 5.41) is 12.8. The van der Waals surface area contributed by atoms with Crippen molar-refractivity contribution in [3.63, 3.8) is 0 Å². The maximum absolute atomic E-state index is 2.47. The Labute approximate surface area is 309 Å². The molecule has 0 aliphatic rings. The molecule has 12 aromatic rings. The van der Waals surface area contributed by atoms with Crippen LogP contribution in [0.2, 0.25) is 0 Å². The Hall–Kier alpha value is -6.68. The largest absolute Gasteiger partial charge is 0.309 e. The van der Waals surface area contributed by atoms with Gasteiger partial charge in [-0.1, -0.05) is 121 Å². The van der Waals surface area contributed by atoms with Crippen LogP contribution in [0, 0.1) is 0 Å². The van der Waals surface area contributed by atoms with Crippen molar-refractivity contribution in [2.75, 3.05) is 0 Å². The first-order valence-electron chi connectivity index (χ1n) is 18.2. The van der Waals surface area contributed by atoms with Gasteiger partial charge in [-0.25, -0.2) is 0 Å². The molecule has 0 saturated heterocycles. The molecule has 246 valence electrons. The molecule has 0 N–H and O–H groups in total. The Morgan fingerprint density at radius 3 is 1.57 bits per heavy atom. The van der Waals surface area contributed by atoms with Gasteiger partial charge in [-0.05, 0) is 87.9 Å². The lowest BCUT2D eigenvalue weighted by Gasteiger charge is -2.13. The van der Waals surface area contributed by atoms with Crippen LogP contribution in [0.5, 0.6) is 0 Å². The third-order valence-corrected chi connectivity index (χ3v) is 12.4. The summed E-state index contributed by atoms with van der Waals surface area (Å²) in [5.74, 6) is 0. The fourth-order valence-corrected chi connectivity index (χ4v) is 10.1. The van der Waals surface area contributed by atoms with Crippen LogP contribution in [-0.2, 0) is 0 Å². The average molecular weight is 691 g/mol. The van der Waals surface area contributed by atoms with Crippen LogP contribution in [0.4, 0.5) is 0 Å². The minimum atomic E-state index is 1.20. The smallest absolute Gasteiger partial charge is 0.0555 e. The number of hydrogen-bond acceptors (Lipinski definition) is 1. The maximum Gasteiger partial charge on any atom is 0.0555 e. The van der Waals surface area contributed by atoms with E-state index in [-0.39, 0.29) is 0 Å². The molecule has 53 heavy (non-hydrogen) atoms. The van der Waals surface area contributed by atoms with Crippen molar-refractivity contribution in [2.24, 2.45) is 0 Å². The quantitative estimate of drug-likeness (QED) is 0.163. The molecule has 3 aromatic heterocycles. The van der Waals surface area contributed by atoms with Crippen molar-refractivity contribution < 1.29 is 0 Å². The highest BCUT2D eigenvalue weighted by atomic mass is 32.1. The second-order valence-corrected chi connectivity index (χ2v) is 15.2. The van der Waals surface area contributed by atoms with E-state index in [0.29, 0.717) is 0 Å². The monoisotopic (exact) mass is 690 g/mol. The zero-order chi connectivity index (χ0) is 34.6. The number of rotatable bonds is 3. The van der Waals surface area contributed by atoms with Crippen molar-refractivity contribution in [3.8, 4) is 22.5 Å². The molecule has 2 nitrogen and oxygen atoms in total. The summed E-state index contributed by atoms with van der Waals surface area (Å²) in [6, 6.07) is 67.2. The Balaban J connectivity index is 1.07. The zero-order valence-electron chi connectivity index (χ0n) is 28.6. The van der Waals surface area contributed by atoms with Gasteiger partial charge in [0.1, 0.15) is 0 Å². The van der Waals surface area contributed by atoms with Gasteiger partial charge < -0.3 is 9.13 Å². The summed E-state index contributed by atoms with van der Waals surface area (Å²) in [6.45, 7) is 0. The van der Waals surface area contributed by atoms with Gasteiger partial charge in [0.05, 0.1) is 33.4 Å². The normalized spacial score (nSPS) is 12.2. The number of para-hydroxylation sites is 2. The molecule has 0 aliphatic heterocycles.